The Morgan fingerprint density at radius 1 is 0.964 bits per heavy atom. The van der Waals surface area contributed by atoms with Gasteiger partial charge in [0.05, 0.1) is 11.9 Å². The van der Waals surface area contributed by atoms with Crippen molar-refractivity contribution in [1.29, 1.82) is 0 Å². The van der Waals surface area contributed by atoms with Crippen molar-refractivity contribution in [2.45, 2.75) is 45.4 Å². The summed E-state index contributed by atoms with van der Waals surface area (Å²) in [5.41, 5.74) is 1.50. The molecule has 5 rings (SSSR count). The maximum absolute atomic E-state index is 12.6. The van der Waals surface area contributed by atoms with Crippen LogP contribution in [0.2, 0.25) is 0 Å². The molecule has 2 saturated heterocycles. The number of amides is 1. The third-order valence-electron chi connectivity index (χ3n) is 6.40. The van der Waals surface area contributed by atoms with Gasteiger partial charge in [-0.25, -0.2) is 9.97 Å². The summed E-state index contributed by atoms with van der Waals surface area (Å²) in [6, 6.07) is 0. The van der Waals surface area contributed by atoms with Gasteiger partial charge >= 0.3 is 0 Å². The van der Waals surface area contributed by atoms with E-state index in [9.17, 15) is 4.79 Å². The quantitative estimate of drug-likeness (QED) is 0.794. The van der Waals surface area contributed by atoms with Crippen LogP contribution in [-0.2, 0) is 17.6 Å². The lowest BCUT2D eigenvalue weighted by Crippen LogP contribution is -2.51. The van der Waals surface area contributed by atoms with Crippen LogP contribution >= 0.6 is 11.3 Å². The Morgan fingerprint density at radius 2 is 1.75 bits per heavy atom. The minimum Gasteiger partial charge on any atom is -0.353 e. The van der Waals surface area contributed by atoms with E-state index in [2.05, 4.69) is 14.7 Å². The molecule has 4 heterocycles. The van der Waals surface area contributed by atoms with Crippen LogP contribution in [0.3, 0.4) is 0 Å². The van der Waals surface area contributed by atoms with Crippen LogP contribution in [0.4, 0.5) is 5.82 Å². The van der Waals surface area contributed by atoms with Gasteiger partial charge in [-0.05, 0) is 51.0 Å². The summed E-state index contributed by atoms with van der Waals surface area (Å²) in [5.74, 6) is 2.30. The Bertz CT molecular complexity index is 881. The molecule has 6 nitrogen and oxygen atoms in total. The Morgan fingerprint density at radius 3 is 2.54 bits per heavy atom. The Balaban J connectivity index is 1.29. The van der Waals surface area contributed by atoms with E-state index in [0.717, 1.165) is 68.6 Å². The number of thiophene rings is 1. The second-order valence-electron chi connectivity index (χ2n) is 8.34. The van der Waals surface area contributed by atoms with Crippen molar-refractivity contribution in [1.82, 2.24) is 19.8 Å². The van der Waals surface area contributed by atoms with Crippen molar-refractivity contribution < 1.29 is 4.79 Å². The zero-order valence-corrected chi connectivity index (χ0v) is 17.6. The molecule has 0 saturated carbocycles. The number of piperidine rings is 1. The molecule has 2 fully saturated rings. The summed E-state index contributed by atoms with van der Waals surface area (Å²) in [5, 5.41) is 1.31. The molecule has 7 heteroatoms. The fourth-order valence-corrected chi connectivity index (χ4v) is 6.16. The highest BCUT2D eigenvalue weighted by Gasteiger charge is 2.27. The lowest BCUT2D eigenvalue weighted by Gasteiger charge is -2.37. The molecule has 2 aliphatic heterocycles. The molecule has 0 aromatic carbocycles. The Kier molecular flexibility index (Phi) is 4.97. The number of nitrogens with zero attached hydrogens (tertiary/aromatic N) is 5. The number of piperazine rings is 1. The highest BCUT2D eigenvalue weighted by molar-refractivity contribution is 7.19. The molecule has 3 aliphatic rings. The first-order valence-corrected chi connectivity index (χ1v) is 11.5. The second-order valence-corrected chi connectivity index (χ2v) is 9.42. The molecule has 0 bridgehead atoms. The molecule has 2 aromatic rings. The number of anilines is 1. The topological polar surface area (TPSA) is 52.6 Å². The lowest BCUT2D eigenvalue weighted by atomic mass is 10.1. The monoisotopic (exact) mass is 399 g/mol. The zero-order chi connectivity index (χ0) is 19.1. The van der Waals surface area contributed by atoms with Gasteiger partial charge in [0, 0.05) is 44.1 Å². The highest BCUT2D eigenvalue weighted by atomic mass is 32.1. The van der Waals surface area contributed by atoms with Gasteiger partial charge in [0.1, 0.15) is 16.5 Å². The number of aromatic nitrogens is 2. The van der Waals surface area contributed by atoms with Gasteiger partial charge < -0.3 is 9.80 Å². The maximum Gasteiger partial charge on any atom is 0.236 e. The third kappa shape index (κ3) is 3.39. The summed E-state index contributed by atoms with van der Waals surface area (Å²) in [7, 11) is 0. The number of aryl methyl sites for hydroxylation is 3. The number of carbonyl (C=O) groups is 1. The van der Waals surface area contributed by atoms with E-state index in [1.807, 2.05) is 18.3 Å². The number of carbonyl (C=O) groups excluding carboxylic acids is 1. The molecule has 0 radical (unpaired) electrons. The predicted octanol–water partition coefficient (Wildman–Crippen LogP) is 2.62. The fraction of sp³-hybridized carbons (Fsp3) is 0.667. The molecule has 0 N–H and O–H groups in total. The van der Waals surface area contributed by atoms with Gasteiger partial charge in [-0.3, -0.25) is 9.69 Å². The van der Waals surface area contributed by atoms with Crippen molar-refractivity contribution in [3.05, 3.63) is 16.3 Å². The first-order chi connectivity index (χ1) is 13.7. The molecule has 0 atom stereocenters. The first-order valence-electron chi connectivity index (χ1n) is 10.7. The van der Waals surface area contributed by atoms with Crippen molar-refractivity contribution in [3.8, 4) is 0 Å². The second kappa shape index (κ2) is 7.59. The minimum absolute atomic E-state index is 0.309. The summed E-state index contributed by atoms with van der Waals surface area (Å²) in [4.78, 5) is 31.6. The van der Waals surface area contributed by atoms with E-state index in [-0.39, 0.29) is 0 Å². The third-order valence-corrected chi connectivity index (χ3v) is 7.58. The smallest absolute Gasteiger partial charge is 0.236 e. The molecule has 0 unspecified atom stereocenters. The first kappa shape index (κ1) is 18.3. The zero-order valence-electron chi connectivity index (χ0n) is 16.7. The molecular weight excluding hydrogens is 370 g/mol. The van der Waals surface area contributed by atoms with Crippen LogP contribution in [0.5, 0.6) is 0 Å². The van der Waals surface area contributed by atoms with Gasteiger partial charge in [0.25, 0.3) is 0 Å². The number of likely N-dealkylation sites (tertiary alicyclic amines) is 1. The summed E-state index contributed by atoms with van der Waals surface area (Å²) in [6.45, 7) is 8.18. The molecule has 1 amide bonds. The average molecular weight is 400 g/mol. The van der Waals surface area contributed by atoms with Crippen molar-refractivity contribution >= 4 is 33.3 Å². The molecule has 28 heavy (non-hydrogen) atoms. The van der Waals surface area contributed by atoms with Crippen LogP contribution in [0.25, 0.3) is 10.2 Å². The van der Waals surface area contributed by atoms with Gasteiger partial charge in [-0.2, -0.15) is 0 Å². The van der Waals surface area contributed by atoms with Crippen LogP contribution in [-0.4, -0.2) is 71.5 Å². The number of fused-ring (bicyclic) bond motifs is 3. The van der Waals surface area contributed by atoms with E-state index in [4.69, 9.17) is 9.97 Å². The van der Waals surface area contributed by atoms with Crippen molar-refractivity contribution in [2.75, 3.05) is 50.7 Å². The van der Waals surface area contributed by atoms with E-state index in [1.165, 1.54) is 41.5 Å². The highest BCUT2D eigenvalue weighted by Crippen LogP contribution is 2.40. The van der Waals surface area contributed by atoms with Gasteiger partial charge in [0.2, 0.25) is 5.91 Å². The summed E-state index contributed by atoms with van der Waals surface area (Å²) >= 11 is 1.87. The molecule has 0 spiro atoms. The summed E-state index contributed by atoms with van der Waals surface area (Å²) in [6.07, 6.45) is 7.21. The number of hydrogen-bond donors (Lipinski definition) is 0. The SMILES string of the molecule is Cc1nc(N2CCN(CC(=O)N3CCCCC3)CC2)c2c3c(sc2n1)CCC3. The maximum atomic E-state index is 12.6. The lowest BCUT2D eigenvalue weighted by molar-refractivity contribution is -0.133. The molecule has 2 aromatic heterocycles. The van der Waals surface area contributed by atoms with E-state index in [0.29, 0.717) is 12.5 Å². The number of rotatable bonds is 3. The van der Waals surface area contributed by atoms with Crippen molar-refractivity contribution in [3.63, 3.8) is 0 Å². The van der Waals surface area contributed by atoms with Crippen LogP contribution in [0.15, 0.2) is 0 Å². The largest absolute Gasteiger partial charge is 0.353 e. The fourth-order valence-electron chi connectivity index (χ4n) is 4.86. The van der Waals surface area contributed by atoms with Crippen LogP contribution < -0.4 is 4.90 Å². The van der Waals surface area contributed by atoms with Gasteiger partial charge in [0.15, 0.2) is 0 Å². The molecule has 150 valence electrons. The molecular formula is C21H29N5OS. The van der Waals surface area contributed by atoms with Gasteiger partial charge in [-0.15, -0.1) is 11.3 Å². The van der Waals surface area contributed by atoms with Crippen molar-refractivity contribution in [2.24, 2.45) is 0 Å². The standard InChI is InChI=1S/C21H29N5OS/c1-15-22-20(19-16-6-5-7-17(16)28-21(19)23-15)26-12-10-24(11-13-26)14-18(27)25-8-3-2-4-9-25/h2-14H2,1H3. The van der Waals surface area contributed by atoms with Gasteiger partial charge in [-0.1, -0.05) is 0 Å². The van der Waals surface area contributed by atoms with E-state index < -0.39 is 0 Å². The minimum atomic E-state index is 0.309. The summed E-state index contributed by atoms with van der Waals surface area (Å²) < 4.78 is 0. The predicted molar refractivity (Wildman–Crippen MR) is 113 cm³/mol. The van der Waals surface area contributed by atoms with Crippen LogP contribution in [0.1, 0.15) is 41.9 Å². The Hall–Kier alpha value is -1.73. The normalized spacial score (nSPS) is 20.8. The Labute approximate surface area is 170 Å². The average Bonchev–Trinajstić information content (AvgIpc) is 3.29. The number of hydrogen-bond acceptors (Lipinski definition) is 6. The molecule has 1 aliphatic carbocycles. The van der Waals surface area contributed by atoms with Crippen LogP contribution in [0, 0.1) is 6.92 Å². The van der Waals surface area contributed by atoms with E-state index >= 15 is 0 Å². The van der Waals surface area contributed by atoms with E-state index in [1.54, 1.807) is 0 Å².